The number of aliphatic hydroxyl groups excluding tert-OH is 1. The monoisotopic (exact) mass is 227 g/mol. The van der Waals surface area contributed by atoms with Gasteiger partial charge in [0.05, 0.1) is 6.10 Å². The van der Waals surface area contributed by atoms with Crippen LogP contribution < -0.4 is 4.90 Å². The summed E-state index contributed by atoms with van der Waals surface area (Å²) in [5, 5.41) is 11.7. The van der Waals surface area contributed by atoms with Crippen molar-refractivity contribution in [3.8, 4) is 0 Å². The molecular formula is C9H13N3O2S. The topological polar surface area (TPSA) is 56.7 Å². The number of nitrogens with zero attached hydrogens (tertiary/aromatic N) is 3. The van der Waals surface area contributed by atoms with Gasteiger partial charge in [-0.05, 0) is 0 Å². The number of hydrogen-bond acceptors (Lipinski definition) is 5. The van der Waals surface area contributed by atoms with Crippen LogP contribution in [0.2, 0.25) is 0 Å². The molecule has 1 N–H and O–H groups in total. The van der Waals surface area contributed by atoms with Crippen molar-refractivity contribution in [3.05, 3.63) is 11.1 Å². The molecule has 0 unspecified atom stereocenters. The smallest absolute Gasteiger partial charge is 0.272 e. The van der Waals surface area contributed by atoms with Crippen LogP contribution in [0.4, 0.5) is 5.13 Å². The largest absolute Gasteiger partial charge is 0.389 e. The fraction of sp³-hybridized carbons (Fsp3) is 0.556. The van der Waals surface area contributed by atoms with E-state index in [9.17, 15) is 4.79 Å². The average molecular weight is 227 g/mol. The fourth-order valence-electron chi connectivity index (χ4n) is 1.35. The van der Waals surface area contributed by atoms with Crippen molar-refractivity contribution >= 4 is 22.4 Å². The molecule has 1 aliphatic rings. The molecule has 0 radical (unpaired) electrons. The maximum atomic E-state index is 11.6. The molecule has 1 aromatic heterocycles. The zero-order valence-electron chi connectivity index (χ0n) is 8.67. The molecule has 82 valence electrons. The van der Waals surface area contributed by atoms with E-state index in [4.69, 9.17) is 5.11 Å². The molecule has 1 fully saturated rings. The summed E-state index contributed by atoms with van der Waals surface area (Å²) in [5.41, 5.74) is 0.474. The third kappa shape index (κ3) is 1.95. The highest BCUT2D eigenvalue weighted by atomic mass is 32.1. The Labute approximate surface area is 92.0 Å². The molecule has 6 heteroatoms. The normalized spacial score (nSPS) is 16.3. The molecule has 1 aliphatic heterocycles. The molecule has 1 amide bonds. The van der Waals surface area contributed by atoms with E-state index in [-0.39, 0.29) is 12.0 Å². The van der Waals surface area contributed by atoms with E-state index < -0.39 is 0 Å². The van der Waals surface area contributed by atoms with Gasteiger partial charge < -0.3 is 14.9 Å². The summed E-state index contributed by atoms with van der Waals surface area (Å²) in [4.78, 5) is 19.2. The number of aliphatic hydroxyl groups is 1. The Hall–Kier alpha value is -1.14. The highest BCUT2D eigenvalue weighted by Crippen LogP contribution is 2.25. The van der Waals surface area contributed by atoms with Crippen LogP contribution in [0.15, 0.2) is 5.38 Å². The zero-order valence-corrected chi connectivity index (χ0v) is 9.49. The summed E-state index contributed by atoms with van der Waals surface area (Å²) in [6.45, 7) is 1.23. The standard InChI is InChI=1S/C9H13N3O2S/c1-11(2)8(14)7-5-15-9(10-7)12-3-6(13)4-12/h5-6,13H,3-4H2,1-2H3. The van der Waals surface area contributed by atoms with E-state index in [2.05, 4.69) is 4.98 Å². The van der Waals surface area contributed by atoms with Crippen molar-refractivity contribution < 1.29 is 9.90 Å². The summed E-state index contributed by atoms with van der Waals surface area (Å²) in [6, 6.07) is 0. The molecule has 1 aromatic rings. The zero-order chi connectivity index (χ0) is 11.0. The third-order valence-corrected chi connectivity index (χ3v) is 3.15. The lowest BCUT2D eigenvalue weighted by atomic mass is 10.2. The Morgan fingerprint density at radius 2 is 2.33 bits per heavy atom. The van der Waals surface area contributed by atoms with Crippen LogP contribution in [0.25, 0.3) is 0 Å². The van der Waals surface area contributed by atoms with Crippen molar-refractivity contribution in [2.45, 2.75) is 6.10 Å². The number of β-amino-alcohol motifs (C(OH)–C–C–N with tert-alkyl or cyclic N) is 1. The van der Waals surface area contributed by atoms with Gasteiger partial charge in [0.2, 0.25) is 0 Å². The van der Waals surface area contributed by atoms with Crippen LogP contribution in [0.3, 0.4) is 0 Å². The lowest BCUT2D eigenvalue weighted by Crippen LogP contribution is -2.50. The van der Waals surface area contributed by atoms with Gasteiger partial charge in [-0.3, -0.25) is 4.79 Å². The molecular weight excluding hydrogens is 214 g/mol. The van der Waals surface area contributed by atoms with Crippen LogP contribution in [0, 0.1) is 0 Å². The van der Waals surface area contributed by atoms with Gasteiger partial charge >= 0.3 is 0 Å². The summed E-state index contributed by atoms with van der Waals surface area (Å²) < 4.78 is 0. The van der Waals surface area contributed by atoms with Gasteiger partial charge in [-0.15, -0.1) is 11.3 Å². The van der Waals surface area contributed by atoms with Gasteiger partial charge in [0.1, 0.15) is 5.69 Å². The van der Waals surface area contributed by atoms with Gasteiger partial charge in [0.15, 0.2) is 5.13 Å². The number of carbonyl (C=O) groups excluding carboxylic acids is 1. The maximum Gasteiger partial charge on any atom is 0.272 e. The number of amides is 1. The van der Waals surface area contributed by atoms with Crippen LogP contribution in [-0.2, 0) is 0 Å². The maximum absolute atomic E-state index is 11.6. The second-order valence-corrected chi connectivity index (χ2v) is 4.61. The lowest BCUT2D eigenvalue weighted by molar-refractivity contribution is 0.0823. The number of aromatic nitrogens is 1. The Morgan fingerprint density at radius 1 is 1.67 bits per heavy atom. The Morgan fingerprint density at radius 3 is 2.87 bits per heavy atom. The molecule has 5 nitrogen and oxygen atoms in total. The predicted molar refractivity (Wildman–Crippen MR) is 58.4 cm³/mol. The minimum absolute atomic E-state index is 0.0847. The van der Waals surface area contributed by atoms with Gasteiger partial charge in [0.25, 0.3) is 5.91 Å². The lowest BCUT2D eigenvalue weighted by Gasteiger charge is -2.35. The molecule has 0 atom stereocenters. The average Bonchev–Trinajstić information content (AvgIpc) is 2.60. The molecule has 0 aliphatic carbocycles. The fourth-order valence-corrected chi connectivity index (χ4v) is 2.17. The van der Waals surface area contributed by atoms with Crippen molar-refractivity contribution in [1.82, 2.24) is 9.88 Å². The molecule has 0 saturated carbocycles. The highest BCUT2D eigenvalue weighted by Gasteiger charge is 2.27. The summed E-state index contributed by atoms with van der Waals surface area (Å²) in [6.07, 6.45) is -0.248. The van der Waals surface area contributed by atoms with Gasteiger partial charge in [-0.25, -0.2) is 4.98 Å². The number of carbonyl (C=O) groups is 1. The van der Waals surface area contributed by atoms with Crippen LogP contribution in [-0.4, -0.2) is 54.2 Å². The van der Waals surface area contributed by atoms with E-state index in [1.807, 2.05) is 4.90 Å². The molecule has 0 spiro atoms. The van der Waals surface area contributed by atoms with Gasteiger partial charge in [-0.1, -0.05) is 0 Å². The molecule has 1 saturated heterocycles. The molecule has 2 heterocycles. The third-order valence-electron chi connectivity index (χ3n) is 2.25. The molecule has 0 aromatic carbocycles. The summed E-state index contributed by atoms with van der Waals surface area (Å²) >= 11 is 1.44. The van der Waals surface area contributed by atoms with E-state index in [0.717, 1.165) is 5.13 Å². The quantitative estimate of drug-likeness (QED) is 0.774. The van der Waals surface area contributed by atoms with Crippen molar-refractivity contribution in [1.29, 1.82) is 0 Å². The number of hydrogen-bond donors (Lipinski definition) is 1. The van der Waals surface area contributed by atoms with Crippen LogP contribution >= 0.6 is 11.3 Å². The van der Waals surface area contributed by atoms with Crippen molar-refractivity contribution in [2.75, 3.05) is 32.1 Å². The second kappa shape index (κ2) is 3.79. The van der Waals surface area contributed by atoms with Crippen LogP contribution in [0.5, 0.6) is 0 Å². The number of rotatable bonds is 2. The van der Waals surface area contributed by atoms with Gasteiger partial charge in [-0.2, -0.15) is 0 Å². The second-order valence-electron chi connectivity index (χ2n) is 3.77. The first-order valence-electron chi connectivity index (χ1n) is 4.68. The van der Waals surface area contributed by atoms with E-state index in [1.165, 1.54) is 16.2 Å². The van der Waals surface area contributed by atoms with Crippen molar-refractivity contribution in [3.63, 3.8) is 0 Å². The summed E-state index contributed by atoms with van der Waals surface area (Å²) in [5.74, 6) is -0.0847. The number of thiazole rings is 1. The van der Waals surface area contributed by atoms with E-state index >= 15 is 0 Å². The Balaban J connectivity index is 2.07. The van der Waals surface area contributed by atoms with Gasteiger partial charge in [0, 0.05) is 32.6 Å². The highest BCUT2D eigenvalue weighted by molar-refractivity contribution is 7.14. The predicted octanol–water partition coefficient (Wildman–Crippen LogP) is 0.0258. The minimum Gasteiger partial charge on any atom is -0.389 e. The Kier molecular flexibility index (Phi) is 2.62. The number of anilines is 1. The van der Waals surface area contributed by atoms with E-state index in [0.29, 0.717) is 18.8 Å². The van der Waals surface area contributed by atoms with Crippen LogP contribution in [0.1, 0.15) is 10.5 Å². The van der Waals surface area contributed by atoms with Crippen molar-refractivity contribution in [2.24, 2.45) is 0 Å². The Bertz CT molecular complexity index is 371. The van der Waals surface area contributed by atoms with E-state index in [1.54, 1.807) is 19.5 Å². The first kappa shape index (κ1) is 10.4. The molecule has 15 heavy (non-hydrogen) atoms. The molecule has 0 bridgehead atoms. The minimum atomic E-state index is -0.248. The summed E-state index contributed by atoms with van der Waals surface area (Å²) in [7, 11) is 3.41. The molecule has 2 rings (SSSR count). The SMILES string of the molecule is CN(C)C(=O)c1csc(N2CC(O)C2)n1. The first-order valence-corrected chi connectivity index (χ1v) is 5.56. The first-order chi connectivity index (χ1) is 7.08.